The average Bonchev–Trinajstić information content (AvgIpc) is 2.94. The molecule has 0 saturated carbocycles. The molecule has 2 N–H and O–H groups in total. The van der Waals surface area contributed by atoms with Gasteiger partial charge in [0, 0.05) is 21.4 Å². The van der Waals surface area contributed by atoms with E-state index in [4.69, 9.17) is 16.7 Å². The average molecular weight is 378 g/mol. The Morgan fingerprint density at radius 1 is 1.33 bits per heavy atom. The number of anilines is 2. The summed E-state index contributed by atoms with van der Waals surface area (Å²) in [6, 6.07) is 8.34. The van der Waals surface area contributed by atoms with Gasteiger partial charge in [0.2, 0.25) is 0 Å². The van der Waals surface area contributed by atoms with Crippen LogP contribution in [0.25, 0.3) is 0 Å². The van der Waals surface area contributed by atoms with Crippen LogP contribution in [-0.4, -0.2) is 21.0 Å². The Balaban J connectivity index is 1.82. The van der Waals surface area contributed by atoms with E-state index in [2.05, 4.69) is 15.3 Å². The summed E-state index contributed by atoms with van der Waals surface area (Å²) in [5.74, 6) is -0.315. The standard InChI is InChI=1S/C16H12ClN3O2S2/c1-9-8-23-16(19-9)20-14-7-11(4-5-18-14)24-13-6-10(15(21)22)2-3-12(13)17/h2-8H,1H3,(H,21,22)(H,18,19,20). The van der Waals surface area contributed by atoms with Crippen LogP contribution in [0.2, 0.25) is 5.02 Å². The third-order valence-corrected chi connectivity index (χ3v) is 5.36. The van der Waals surface area contributed by atoms with Crippen molar-refractivity contribution in [2.75, 3.05) is 5.32 Å². The van der Waals surface area contributed by atoms with Gasteiger partial charge in [0.15, 0.2) is 5.13 Å². The summed E-state index contributed by atoms with van der Waals surface area (Å²) in [4.78, 5) is 21.3. The molecule has 0 fully saturated rings. The molecule has 0 radical (unpaired) electrons. The minimum Gasteiger partial charge on any atom is -0.478 e. The third-order valence-electron chi connectivity index (χ3n) is 2.99. The van der Waals surface area contributed by atoms with E-state index in [1.165, 1.54) is 29.2 Å². The van der Waals surface area contributed by atoms with Crippen molar-refractivity contribution in [3.8, 4) is 0 Å². The van der Waals surface area contributed by atoms with Gasteiger partial charge in [0.05, 0.1) is 16.3 Å². The summed E-state index contributed by atoms with van der Waals surface area (Å²) in [6.07, 6.45) is 1.68. The van der Waals surface area contributed by atoms with E-state index in [1.54, 1.807) is 18.3 Å². The number of carboxylic acid groups (broad SMARTS) is 1. The predicted octanol–water partition coefficient (Wildman–Crippen LogP) is 5.09. The van der Waals surface area contributed by atoms with Crippen molar-refractivity contribution in [2.45, 2.75) is 16.7 Å². The fourth-order valence-corrected chi connectivity index (χ4v) is 3.74. The van der Waals surface area contributed by atoms with Gasteiger partial charge in [-0.05, 0) is 37.3 Å². The molecule has 5 nitrogen and oxygen atoms in total. The maximum atomic E-state index is 11.1. The Labute approximate surface area is 151 Å². The second kappa shape index (κ2) is 7.21. The summed E-state index contributed by atoms with van der Waals surface area (Å²) < 4.78 is 0. The first-order valence-electron chi connectivity index (χ1n) is 6.87. The molecule has 0 spiro atoms. The van der Waals surface area contributed by atoms with Gasteiger partial charge in [-0.25, -0.2) is 14.8 Å². The Morgan fingerprint density at radius 2 is 2.17 bits per heavy atom. The zero-order chi connectivity index (χ0) is 17.1. The summed E-state index contributed by atoms with van der Waals surface area (Å²) in [6.45, 7) is 1.93. The highest BCUT2D eigenvalue weighted by atomic mass is 35.5. The largest absolute Gasteiger partial charge is 0.478 e. The van der Waals surface area contributed by atoms with Crippen LogP contribution in [0, 0.1) is 6.92 Å². The van der Waals surface area contributed by atoms with Crippen molar-refractivity contribution in [3.63, 3.8) is 0 Å². The zero-order valence-corrected chi connectivity index (χ0v) is 14.9. The highest BCUT2D eigenvalue weighted by Gasteiger charge is 2.10. The molecule has 0 saturated heterocycles. The zero-order valence-electron chi connectivity index (χ0n) is 12.5. The van der Waals surface area contributed by atoms with E-state index >= 15 is 0 Å². The van der Waals surface area contributed by atoms with Crippen LogP contribution >= 0.6 is 34.7 Å². The number of aromatic nitrogens is 2. The molecule has 0 unspecified atom stereocenters. The van der Waals surface area contributed by atoms with E-state index in [9.17, 15) is 4.79 Å². The van der Waals surface area contributed by atoms with Gasteiger partial charge in [0.1, 0.15) is 5.82 Å². The molecule has 0 amide bonds. The summed E-state index contributed by atoms with van der Waals surface area (Å²) in [7, 11) is 0. The number of hydrogen-bond acceptors (Lipinski definition) is 6. The number of carbonyl (C=O) groups is 1. The lowest BCUT2D eigenvalue weighted by atomic mass is 10.2. The smallest absolute Gasteiger partial charge is 0.335 e. The molecule has 122 valence electrons. The summed E-state index contributed by atoms with van der Waals surface area (Å²) in [5, 5.41) is 15.5. The van der Waals surface area contributed by atoms with Gasteiger partial charge >= 0.3 is 5.97 Å². The number of benzene rings is 1. The van der Waals surface area contributed by atoms with Crippen molar-refractivity contribution in [3.05, 3.63) is 58.2 Å². The number of rotatable bonds is 5. The Morgan fingerprint density at radius 3 is 2.88 bits per heavy atom. The number of thiazole rings is 1. The number of halogens is 1. The molecule has 2 aromatic heterocycles. The molecule has 24 heavy (non-hydrogen) atoms. The third kappa shape index (κ3) is 4.05. The van der Waals surface area contributed by atoms with Crippen molar-refractivity contribution in [2.24, 2.45) is 0 Å². The Hall–Kier alpha value is -2.09. The number of pyridine rings is 1. The molecule has 0 aliphatic rings. The minimum atomic E-state index is -0.982. The van der Waals surface area contributed by atoms with Gasteiger partial charge in [0.25, 0.3) is 0 Å². The van der Waals surface area contributed by atoms with E-state index in [0.29, 0.717) is 15.7 Å². The molecule has 8 heteroatoms. The molecule has 1 aromatic carbocycles. The van der Waals surface area contributed by atoms with E-state index in [-0.39, 0.29) is 5.56 Å². The first-order chi connectivity index (χ1) is 11.5. The summed E-state index contributed by atoms with van der Waals surface area (Å²) >= 11 is 9.06. The normalized spacial score (nSPS) is 10.6. The van der Waals surface area contributed by atoms with Crippen LogP contribution in [0.5, 0.6) is 0 Å². The second-order valence-corrected chi connectivity index (χ2v) is 7.23. The van der Waals surface area contributed by atoms with Crippen molar-refractivity contribution < 1.29 is 9.90 Å². The SMILES string of the molecule is Cc1csc(Nc2cc(Sc3cc(C(=O)O)ccc3Cl)ccn2)n1. The lowest BCUT2D eigenvalue weighted by molar-refractivity contribution is 0.0696. The molecule has 2 heterocycles. The molecule has 0 aliphatic carbocycles. The van der Waals surface area contributed by atoms with Gasteiger partial charge < -0.3 is 10.4 Å². The van der Waals surface area contributed by atoms with Crippen molar-refractivity contribution >= 4 is 51.6 Å². The molecule has 3 rings (SSSR count). The van der Waals surface area contributed by atoms with Crippen LogP contribution < -0.4 is 5.32 Å². The monoisotopic (exact) mass is 377 g/mol. The highest BCUT2D eigenvalue weighted by Crippen LogP contribution is 2.35. The molecule has 0 aliphatic heterocycles. The number of carboxylic acids is 1. The van der Waals surface area contributed by atoms with Crippen LogP contribution in [0.4, 0.5) is 10.9 Å². The van der Waals surface area contributed by atoms with Crippen molar-refractivity contribution in [1.82, 2.24) is 9.97 Å². The molecule has 3 aromatic rings. The number of aromatic carboxylic acids is 1. The molecular formula is C16H12ClN3O2S2. The van der Waals surface area contributed by atoms with Crippen LogP contribution in [0.3, 0.4) is 0 Å². The quantitative estimate of drug-likeness (QED) is 0.644. The van der Waals surface area contributed by atoms with Crippen molar-refractivity contribution in [1.29, 1.82) is 0 Å². The number of aryl methyl sites for hydroxylation is 1. The van der Waals surface area contributed by atoms with E-state index in [1.807, 2.05) is 24.4 Å². The first kappa shape index (κ1) is 16.8. The number of nitrogens with zero attached hydrogens (tertiary/aromatic N) is 2. The van der Waals surface area contributed by atoms with Crippen LogP contribution in [0.15, 0.2) is 51.7 Å². The molecule has 0 bridgehead atoms. The Bertz CT molecular complexity index is 899. The number of nitrogens with one attached hydrogen (secondary N) is 1. The lowest BCUT2D eigenvalue weighted by Crippen LogP contribution is -1.96. The lowest BCUT2D eigenvalue weighted by Gasteiger charge is -2.07. The molecule has 0 atom stereocenters. The first-order valence-corrected chi connectivity index (χ1v) is 8.94. The minimum absolute atomic E-state index is 0.201. The number of hydrogen-bond donors (Lipinski definition) is 2. The predicted molar refractivity (Wildman–Crippen MR) is 96.9 cm³/mol. The molecular weight excluding hydrogens is 366 g/mol. The maximum absolute atomic E-state index is 11.1. The van der Waals surface area contributed by atoms with Crippen LogP contribution in [-0.2, 0) is 0 Å². The van der Waals surface area contributed by atoms with Gasteiger partial charge in [-0.15, -0.1) is 11.3 Å². The fourth-order valence-electron chi connectivity index (χ4n) is 1.91. The Kier molecular flexibility index (Phi) is 5.03. The topological polar surface area (TPSA) is 75.1 Å². The van der Waals surface area contributed by atoms with E-state index in [0.717, 1.165) is 15.7 Å². The second-order valence-electron chi connectivity index (χ2n) is 4.85. The van der Waals surface area contributed by atoms with Crippen LogP contribution in [0.1, 0.15) is 16.1 Å². The van der Waals surface area contributed by atoms with Gasteiger partial charge in [-0.1, -0.05) is 23.4 Å². The maximum Gasteiger partial charge on any atom is 0.335 e. The highest BCUT2D eigenvalue weighted by molar-refractivity contribution is 7.99. The summed E-state index contributed by atoms with van der Waals surface area (Å²) in [5.41, 5.74) is 1.15. The fraction of sp³-hybridized carbons (Fsp3) is 0.0625. The van der Waals surface area contributed by atoms with Gasteiger partial charge in [-0.2, -0.15) is 0 Å². The van der Waals surface area contributed by atoms with E-state index < -0.39 is 5.97 Å². The van der Waals surface area contributed by atoms with Gasteiger partial charge in [-0.3, -0.25) is 0 Å².